The van der Waals surface area contributed by atoms with Crippen LogP contribution in [0.4, 0.5) is 19.0 Å². The van der Waals surface area contributed by atoms with Crippen molar-refractivity contribution < 1.29 is 18.0 Å². The molecule has 3 aromatic heterocycles. The van der Waals surface area contributed by atoms with Gasteiger partial charge in [0.2, 0.25) is 0 Å². The van der Waals surface area contributed by atoms with E-state index in [0.29, 0.717) is 43.2 Å². The SMILES string of the molecule is Cc1cc(C(=O)N2CCN(c3ccc(C(F)(F)F)cn3)CC2)c2c(C)nn(C)c2n1. The molecule has 3 aromatic rings. The van der Waals surface area contributed by atoms with E-state index in [1.54, 1.807) is 22.7 Å². The summed E-state index contributed by atoms with van der Waals surface area (Å²) in [6, 6.07) is 4.18. The average molecular weight is 418 g/mol. The molecule has 4 rings (SSSR count). The Bertz CT molecular complexity index is 1100. The number of aromatic nitrogens is 4. The number of pyridine rings is 2. The number of nitrogens with zero attached hydrogens (tertiary/aromatic N) is 6. The Balaban J connectivity index is 1.51. The van der Waals surface area contributed by atoms with E-state index >= 15 is 0 Å². The number of hydrogen-bond donors (Lipinski definition) is 0. The molecule has 1 aliphatic rings. The van der Waals surface area contributed by atoms with Crippen molar-refractivity contribution in [3.8, 4) is 0 Å². The summed E-state index contributed by atoms with van der Waals surface area (Å²) in [6.07, 6.45) is -3.57. The smallest absolute Gasteiger partial charge is 0.353 e. The second-order valence-corrected chi connectivity index (χ2v) is 7.40. The van der Waals surface area contributed by atoms with E-state index in [-0.39, 0.29) is 5.91 Å². The van der Waals surface area contributed by atoms with E-state index in [9.17, 15) is 18.0 Å². The second kappa shape index (κ2) is 7.26. The van der Waals surface area contributed by atoms with Crippen molar-refractivity contribution in [2.45, 2.75) is 20.0 Å². The molecule has 0 bridgehead atoms. The van der Waals surface area contributed by atoms with Crippen LogP contribution in [-0.4, -0.2) is 56.7 Å². The molecule has 0 spiro atoms. The number of amides is 1. The standard InChI is InChI=1S/C20H21F3N6O/c1-12-10-15(17-13(2)26-27(3)18(17)25-12)19(30)29-8-6-28(7-9-29)16-5-4-14(11-24-16)20(21,22)23/h4-5,10-11H,6-9H2,1-3H3. The highest BCUT2D eigenvalue weighted by Crippen LogP contribution is 2.29. The van der Waals surface area contributed by atoms with E-state index in [2.05, 4.69) is 15.1 Å². The molecule has 0 N–H and O–H groups in total. The Morgan fingerprint density at radius 2 is 1.80 bits per heavy atom. The van der Waals surface area contributed by atoms with Gasteiger partial charge in [-0.15, -0.1) is 0 Å². The molecule has 158 valence electrons. The second-order valence-electron chi connectivity index (χ2n) is 7.40. The van der Waals surface area contributed by atoms with Gasteiger partial charge in [-0.25, -0.2) is 9.97 Å². The molecule has 1 saturated heterocycles. The predicted octanol–water partition coefficient (Wildman–Crippen LogP) is 2.96. The molecule has 4 heterocycles. The minimum absolute atomic E-state index is 0.0957. The van der Waals surface area contributed by atoms with Crippen molar-refractivity contribution in [2.75, 3.05) is 31.1 Å². The first-order chi connectivity index (χ1) is 14.1. The first-order valence-electron chi connectivity index (χ1n) is 9.53. The largest absolute Gasteiger partial charge is 0.417 e. The number of fused-ring (bicyclic) bond motifs is 1. The van der Waals surface area contributed by atoms with Gasteiger partial charge in [0, 0.05) is 45.1 Å². The van der Waals surface area contributed by atoms with E-state index in [1.165, 1.54) is 6.07 Å². The van der Waals surface area contributed by atoms with Gasteiger partial charge in [-0.05, 0) is 32.0 Å². The van der Waals surface area contributed by atoms with Crippen LogP contribution in [0.5, 0.6) is 0 Å². The van der Waals surface area contributed by atoms with Crippen LogP contribution in [0.3, 0.4) is 0 Å². The number of carbonyl (C=O) groups excluding carboxylic acids is 1. The fourth-order valence-corrected chi connectivity index (χ4v) is 3.79. The van der Waals surface area contributed by atoms with Crippen LogP contribution in [0.15, 0.2) is 24.4 Å². The summed E-state index contributed by atoms with van der Waals surface area (Å²) >= 11 is 0. The first kappa shape index (κ1) is 20.1. The van der Waals surface area contributed by atoms with Gasteiger partial charge < -0.3 is 9.80 Å². The van der Waals surface area contributed by atoms with Crippen LogP contribution >= 0.6 is 0 Å². The van der Waals surface area contributed by atoms with Gasteiger partial charge in [0.15, 0.2) is 5.65 Å². The topological polar surface area (TPSA) is 67.2 Å². The van der Waals surface area contributed by atoms with Crippen molar-refractivity contribution in [2.24, 2.45) is 7.05 Å². The van der Waals surface area contributed by atoms with Crippen molar-refractivity contribution in [3.63, 3.8) is 0 Å². The maximum atomic E-state index is 13.2. The molecule has 0 aliphatic carbocycles. The fourth-order valence-electron chi connectivity index (χ4n) is 3.79. The zero-order valence-corrected chi connectivity index (χ0v) is 16.9. The highest BCUT2D eigenvalue weighted by Gasteiger charge is 2.31. The molecular weight excluding hydrogens is 397 g/mol. The molecule has 1 fully saturated rings. The number of hydrogen-bond acceptors (Lipinski definition) is 5. The number of alkyl halides is 3. The quantitative estimate of drug-likeness (QED) is 0.640. The highest BCUT2D eigenvalue weighted by atomic mass is 19.4. The van der Waals surface area contributed by atoms with Crippen LogP contribution in [-0.2, 0) is 13.2 Å². The molecule has 0 saturated carbocycles. The Morgan fingerprint density at radius 3 is 2.40 bits per heavy atom. The maximum Gasteiger partial charge on any atom is 0.417 e. The number of halogens is 3. The van der Waals surface area contributed by atoms with Gasteiger partial charge in [-0.1, -0.05) is 0 Å². The summed E-state index contributed by atoms with van der Waals surface area (Å²) in [7, 11) is 1.80. The van der Waals surface area contributed by atoms with Crippen LogP contribution in [0, 0.1) is 13.8 Å². The molecule has 1 aliphatic heterocycles. The lowest BCUT2D eigenvalue weighted by Crippen LogP contribution is -2.49. The molecule has 0 unspecified atom stereocenters. The Morgan fingerprint density at radius 1 is 1.10 bits per heavy atom. The number of piperazine rings is 1. The number of carbonyl (C=O) groups is 1. The van der Waals surface area contributed by atoms with E-state index in [0.717, 1.165) is 29.0 Å². The van der Waals surface area contributed by atoms with Gasteiger partial charge in [-0.2, -0.15) is 18.3 Å². The van der Waals surface area contributed by atoms with Crippen molar-refractivity contribution in [1.82, 2.24) is 24.6 Å². The minimum Gasteiger partial charge on any atom is -0.353 e. The van der Waals surface area contributed by atoms with Crippen molar-refractivity contribution >= 4 is 22.8 Å². The third-order valence-electron chi connectivity index (χ3n) is 5.29. The summed E-state index contributed by atoms with van der Waals surface area (Å²) in [5, 5.41) is 5.13. The highest BCUT2D eigenvalue weighted by molar-refractivity contribution is 6.06. The zero-order chi connectivity index (χ0) is 21.6. The molecular formula is C20H21F3N6O. The maximum absolute atomic E-state index is 13.2. The molecule has 1 amide bonds. The summed E-state index contributed by atoms with van der Waals surface area (Å²) in [5.41, 5.74) is 1.95. The van der Waals surface area contributed by atoms with E-state index < -0.39 is 11.7 Å². The van der Waals surface area contributed by atoms with E-state index in [4.69, 9.17) is 0 Å². The van der Waals surface area contributed by atoms with Gasteiger partial charge >= 0.3 is 6.18 Å². The average Bonchev–Trinajstić information content (AvgIpc) is 3.00. The predicted molar refractivity (Wildman–Crippen MR) is 105 cm³/mol. The molecule has 10 heteroatoms. The van der Waals surface area contributed by atoms with E-state index in [1.807, 2.05) is 18.7 Å². The van der Waals surface area contributed by atoms with Crippen LogP contribution < -0.4 is 4.90 Å². The lowest BCUT2D eigenvalue weighted by Gasteiger charge is -2.35. The third-order valence-corrected chi connectivity index (χ3v) is 5.29. The lowest BCUT2D eigenvalue weighted by atomic mass is 10.1. The third kappa shape index (κ3) is 3.57. The first-order valence-corrected chi connectivity index (χ1v) is 9.53. The summed E-state index contributed by atoms with van der Waals surface area (Å²) < 4.78 is 39.8. The van der Waals surface area contributed by atoms with Gasteiger partial charge in [-0.3, -0.25) is 9.48 Å². The summed E-state index contributed by atoms with van der Waals surface area (Å²) in [5.74, 6) is 0.377. The summed E-state index contributed by atoms with van der Waals surface area (Å²) in [6.45, 7) is 5.57. The lowest BCUT2D eigenvalue weighted by molar-refractivity contribution is -0.137. The molecule has 7 nitrogen and oxygen atoms in total. The number of rotatable bonds is 2. The van der Waals surface area contributed by atoms with Crippen LogP contribution in [0.25, 0.3) is 11.0 Å². The summed E-state index contributed by atoms with van der Waals surface area (Å²) in [4.78, 5) is 25.3. The monoisotopic (exact) mass is 418 g/mol. The van der Waals surface area contributed by atoms with Gasteiger partial charge in [0.1, 0.15) is 5.82 Å². The normalized spacial score (nSPS) is 15.1. The number of aryl methyl sites for hydroxylation is 3. The number of anilines is 1. The van der Waals surface area contributed by atoms with Gasteiger partial charge in [0.25, 0.3) is 5.91 Å². The van der Waals surface area contributed by atoms with Crippen LogP contribution in [0.2, 0.25) is 0 Å². The Labute approximate surface area is 171 Å². The minimum atomic E-state index is -4.41. The van der Waals surface area contributed by atoms with Crippen LogP contribution in [0.1, 0.15) is 27.3 Å². The molecule has 30 heavy (non-hydrogen) atoms. The van der Waals surface area contributed by atoms with Crippen molar-refractivity contribution in [1.29, 1.82) is 0 Å². The fraction of sp³-hybridized carbons (Fsp3) is 0.400. The Kier molecular flexibility index (Phi) is 4.87. The van der Waals surface area contributed by atoms with Crippen molar-refractivity contribution in [3.05, 3.63) is 46.9 Å². The molecule has 0 radical (unpaired) electrons. The Hall–Kier alpha value is -3.17. The molecule has 0 aromatic carbocycles. The van der Waals surface area contributed by atoms with Gasteiger partial charge in [0.05, 0.1) is 22.2 Å². The zero-order valence-electron chi connectivity index (χ0n) is 16.9. The molecule has 0 atom stereocenters.